The maximum absolute atomic E-state index is 11.7. The van der Waals surface area contributed by atoms with Crippen LogP contribution in [0.3, 0.4) is 0 Å². The average molecular weight is 386 g/mol. The molecule has 0 spiro atoms. The molecular formula is C21H39NO5. The number of carbonyl (C=O) groups is 3. The summed E-state index contributed by atoms with van der Waals surface area (Å²) in [4.78, 5) is 33.7. The highest BCUT2D eigenvalue weighted by molar-refractivity contribution is 5.82. The third-order valence-electron chi connectivity index (χ3n) is 4.62. The first-order chi connectivity index (χ1) is 13.0. The number of aliphatic carboxylic acids is 1. The number of ketones is 1. The molecule has 1 atom stereocenters. The van der Waals surface area contributed by atoms with Gasteiger partial charge in [-0.1, -0.05) is 64.7 Å². The minimum Gasteiger partial charge on any atom is -0.481 e. The van der Waals surface area contributed by atoms with E-state index in [1.165, 1.54) is 58.3 Å². The largest absolute Gasteiger partial charge is 0.481 e. The smallest absolute Gasteiger partial charge is 0.307 e. The van der Waals surface area contributed by atoms with Crippen LogP contribution in [0.15, 0.2) is 0 Å². The van der Waals surface area contributed by atoms with Crippen molar-refractivity contribution in [3.05, 3.63) is 0 Å². The average Bonchev–Trinajstić information content (AvgIpc) is 2.62. The van der Waals surface area contributed by atoms with Crippen LogP contribution in [0, 0.1) is 0 Å². The molecular weight excluding hydrogens is 346 g/mol. The number of unbranched alkanes of at least 4 members (excludes halogenated alkanes) is 9. The first-order valence-electron chi connectivity index (χ1n) is 10.6. The van der Waals surface area contributed by atoms with Gasteiger partial charge in [-0.3, -0.25) is 14.4 Å². The van der Waals surface area contributed by atoms with Crippen molar-refractivity contribution in [2.75, 3.05) is 13.2 Å². The Morgan fingerprint density at radius 1 is 0.889 bits per heavy atom. The molecule has 0 bridgehead atoms. The number of ether oxygens (including phenoxy) is 1. The van der Waals surface area contributed by atoms with Gasteiger partial charge in [-0.2, -0.15) is 0 Å². The molecule has 0 radical (unpaired) electrons. The normalized spacial score (nSPS) is 11.9. The van der Waals surface area contributed by atoms with Gasteiger partial charge in [-0.15, -0.1) is 0 Å². The number of hydrogen-bond acceptors (Lipinski definition) is 5. The summed E-state index contributed by atoms with van der Waals surface area (Å²) >= 11 is 0. The number of esters is 1. The monoisotopic (exact) mass is 385 g/mol. The van der Waals surface area contributed by atoms with Crippen LogP contribution in [-0.2, 0) is 19.1 Å². The molecule has 1 unspecified atom stereocenters. The predicted molar refractivity (Wildman–Crippen MR) is 107 cm³/mol. The molecule has 0 heterocycles. The minimum absolute atomic E-state index is 0.0690. The number of carboxylic acids is 1. The van der Waals surface area contributed by atoms with Gasteiger partial charge in [-0.25, -0.2) is 0 Å². The lowest BCUT2D eigenvalue weighted by Crippen LogP contribution is -2.37. The highest BCUT2D eigenvalue weighted by atomic mass is 16.5. The molecule has 0 saturated heterocycles. The Hall–Kier alpha value is -1.43. The summed E-state index contributed by atoms with van der Waals surface area (Å²) in [5, 5.41) is 11.6. The van der Waals surface area contributed by atoms with Crippen molar-refractivity contribution in [3.63, 3.8) is 0 Å². The SMILES string of the molecule is CCCCCCCCCCCCOC(=O)CCNC(CCC(=O)O)C(C)=O. The van der Waals surface area contributed by atoms with Crippen molar-refractivity contribution in [1.82, 2.24) is 5.32 Å². The van der Waals surface area contributed by atoms with Gasteiger partial charge in [0.25, 0.3) is 0 Å². The molecule has 2 N–H and O–H groups in total. The van der Waals surface area contributed by atoms with E-state index in [1.54, 1.807) is 0 Å². The van der Waals surface area contributed by atoms with E-state index in [4.69, 9.17) is 9.84 Å². The van der Waals surface area contributed by atoms with Gasteiger partial charge in [0.1, 0.15) is 5.78 Å². The van der Waals surface area contributed by atoms with Crippen LogP contribution in [0.4, 0.5) is 0 Å². The Morgan fingerprint density at radius 3 is 1.96 bits per heavy atom. The second kappa shape index (κ2) is 18.0. The summed E-state index contributed by atoms with van der Waals surface area (Å²) in [6.45, 7) is 4.42. The number of Topliss-reactive ketones (excluding diaryl/α,β-unsaturated/α-hetero) is 1. The predicted octanol–water partition coefficient (Wildman–Crippen LogP) is 4.25. The fourth-order valence-corrected chi connectivity index (χ4v) is 2.91. The Balaban J connectivity index is 3.52. The van der Waals surface area contributed by atoms with Gasteiger partial charge in [0.15, 0.2) is 0 Å². The molecule has 0 fully saturated rings. The molecule has 0 saturated carbocycles. The van der Waals surface area contributed by atoms with Gasteiger partial charge < -0.3 is 15.2 Å². The van der Waals surface area contributed by atoms with Crippen molar-refractivity contribution < 1.29 is 24.2 Å². The maximum Gasteiger partial charge on any atom is 0.307 e. The zero-order chi connectivity index (χ0) is 20.3. The summed E-state index contributed by atoms with van der Waals surface area (Å²) in [5.74, 6) is -1.33. The second-order valence-corrected chi connectivity index (χ2v) is 7.20. The molecule has 6 nitrogen and oxygen atoms in total. The summed E-state index contributed by atoms with van der Waals surface area (Å²) < 4.78 is 5.20. The lowest BCUT2D eigenvalue weighted by molar-refractivity contribution is -0.144. The molecule has 0 aliphatic heterocycles. The van der Waals surface area contributed by atoms with E-state index in [2.05, 4.69) is 12.2 Å². The first-order valence-corrected chi connectivity index (χ1v) is 10.6. The highest BCUT2D eigenvalue weighted by Crippen LogP contribution is 2.10. The maximum atomic E-state index is 11.7. The van der Waals surface area contributed by atoms with Crippen LogP contribution < -0.4 is 5.32 Å². The quantitative estimate of drug-likeness (QED) is 0.255. The molecule has 0 aromatic rings. The summed E-state index contributed by atoms with van der Waals surface area (Å²) in [6.07, 6.45) is 12.7. The van der Waals surface area contributed by atoms with Crippen molar-refractivity contribution in [2.24, 2.45) is 0 Å². The summed E-state index contributed by atoms with van der Waals surface area (Å²) in [6, 6.07) is -0.518. The number of rotatable bonds is 19. The van der Waals surface area contributed by atoms with Crippen LogP contribution in [-0.4, -0.2) is 42.0 Å². The van der Waals surface area contributed by atoms with Crippen molar-refractivity contribution >= 4 is 17.7 Å². The van der Waals surface area contributed by atoms with Gasteiger partial charge >= 0.3 is 11.9 Å². The molecule has 0 amide bonds. The third-order valence-corrected chi connectivity index (χ3v) is 4.62. The molecule has 0 rings (SSSR count). The van der Waals surface area contributed by atoms with E-state index in [9.17, 15) is 14.4 Å². The van der Waals surface area contributed by atoms with E-state index < -0.39 is 12.0 Å². The second-order valence-electron chi connectivity index (χ2n) is 7.20. The zero-order valence-electron chi connectivity index (χ0n) is 17.3. The van der Waals surface area contributed by atoms with Gasteiger partial charge in [0.05, 0.1) is 19.1 Å². The molecule has 0 aliphatic rings. The molecule has 6 heteroatoms. The lowest BCUT2D eigenvalue weighted by Gasteiger charge is -2.14. The Labute approximate surface area is 164 Å². The Kier molecular flexibility index (Phi) is 17.0. The van der Waals surface area contributed by atoms with Gasteiger partial charge in [0, 0.05) is 13.0 Å². The summed E-state index contributed by atoms with van der Waals surface area (Å²) in [7, 11) is 0. The fourth-order valence-electron chi connectivity index (χ4n) is 2.91. The van der Waals surface area contributed by atoms with Crippen molar-refractivity contribution in [2.45, 2.75) is 103 Å². The van der Waals surface area contributed by atoms with E-state index in [1.807, 2.05) is 0 Å². The number of hydrogen-bond donors (Lipinski definition) is 2. The Bertz CT molecular complexity index is 411. The minimum atomic E-state index is -0.932. The van der Waals surface area contributed by atoms with Crippen molar-refractivity contribution in [3.8, 4) is 0 Å². The number of carbonyl (C=O) groups excluding carboxylic acids is 2. The third kappa shape index (κ3) is 17.7. The van der Waals surface area contributed by atoms with E-state index in [0.717, 1.165) is 12.8 Å². The molecule has 158 valence electrons. The first kappa shape index (κ1) is 25.6. The topological polar surface area (TPSA) is 92.7 Å². The van der Waals surface area contributed by atoms with Crippen LogP contribution in [0.5, 0.6) is 0 Å². The standard InChI is InChI=1S/C21H39NO5/c1-3-4-5-6-7-8-9-10-11-12-17-27-21(26)15-16-22-19(18(2)23)13-14-20(24)25/h19,22H,3-17H2,1-2H3,(H,24,25). The number of nitrogens with one attached hydrogen (secondary N) is 1. The van der Waals surface area contributed by atoms with Crippen LogP contribution >= 0.6 is 0 Å². The molecule has 0 aromatic carbocycles. The van der Waals surface area contributed by atoms with Crippen LogP contribution in [0.25, 0.3) is 0 Å². The number of carboxylic acid groups (broad SMARTS) is 1. The van der Waals surface area contributed by atoms with E-state index in [-0.39, 0.29) is 31.0 Å². The zero-order valence-corrected chi connectivity index (χ0v) is 17.3. The molecule has 0 aromatic heterocycles. The van der Waals surface area contributed by atoms with Gasteiger partial charge in [-0.05, 0) is 19.8 Å². The van der Waals surface area contributed by atoms with Gasteiger partial charge in [0.2, 0.25) is 0 Å². The van der Waals surface area contributed by atoms with E-state index in [0.29, 0.717) is 13.2 Å². The molecule has 27 heavy (non-hydrogen) atoms. The highest BCUT2D eigenvalue weighted by Gasteiger charge is 2.15. The van der Waals surface area contributed by atoms with E-state index >= 15 is 0 Å². The molecule has 0 aliphatic carbocycles. The Morgan fingerprint density at radius 2 is 1.44 bits per heavy atom. The summed E-state index contributed by atoms with van der Waals surface area (Å²) in [5.41, 5.74) is 0. The fraction of sp³-hybridized carbons (Fsp3) is 0.857. The lowest BCUT2D eigenvalue weighted by atomic mass is 10.1. The van der Waals surface area contributed by atoms with Crippen LogP contribution in [0.1, 0.15) is 97.3 Å². The van der Waals surface area contributed by atoms with Crippen molar-refractivity contribution in [1.29, 1.82) is 0 Å². The van der Waals surface area contributed by atoms with Crippen LogP contribution in [0.2, 0.25) is 0 Å².